The molecule has 3 aliphatic rings. The maximum absolute atomic E-state index is 12.9. The Kier molecular flexibility index (Phi) is 5.48. The highest BCUT2D eigenvalue weighted by molar-refractivity contribution is 6.05. The number of Topliss-reactive ketones (excluding diaryl/α,β-unsaturated/α-hetero) is 1. The molecule has 0 spiro atoms. The van der Waals surface area contributed by atoms with Gasteiger partial charge in [-0.2, -0.15) is 0 Å². The first kappa shape index (κ1) is 19.5. The number of carboxylic acids is 1. The zero-order chi connectivity index (χ0) is 19.7. The molecular weight excluding hydrogens is 352 g/mol. The topological polar surface area (TPSA) is 74.6 Å². The average Bonchev–Trinajstić information content (AvgIpc) is 3.31. The summed E-state index contributed by atoms with van der Waals surface area (Å²) in [6.07, 6.45) is 11.7. The van der Waals surface area contributed by atoms with E-state index in [9.17, 15) is 19.8 Å². The van der Waals surface area contributed by atoms with E-state index in [0.717, 1.165) is 38.5 Å². The Morgan fingerprint density at radius 2 is 1.79 bits per heavy atom. The lowest BCUT2D eigenvalue weighted by Crippen LogP contribution is -2.47. The molecule has 152 valence electrons. The standard InChI is InChI=1S/C24H32O4/c25-20-11-10-18(21(15-20)17-4-1-2-5-17)8-6-16-7-9-19(14-16)22(26)24(23(27)28)12-3-13-24/h10-11,15-17,19,25H,1-9,12-14H2,(H,27,28). The van der Waals surface area contributed by atoms with Crippen LogP contribution in [0, 0.1) is 17.3 Å². The van der Waals surface area contributed by atoms with Gasteiger partial charge in [0.2, 0.25) is 0 Å². The van der Waals surface area contributed by atoms with E-state index in [-0.39, 0.29) is 11.7 Å². The molecule has 1 aromatic carbocycles. The number of carbonyl (C=O) groups is 2. The first-order valence-corrected chi connectivity index (χ1v) is 11.1. The van der Waals surface area contributed by atoms with Crippen molar-refractivity contribution in [3.63, 3.8) is 0 Å². The van der Waals surface area contributed by atoms with E-state index < -0.39 is 11.4 Å². The van der Waals surface area contributed by atoms with Crippen LogP contribution in [0.25, 0.3) is 0 Å². The molecule has 1 aromatic rings. The predicted octanol–water partition coefficient (Wildman–Crippen LogP) is 5.22. The Balaban J connectivity index is 1.37. The Bertz CT molecular complexity index is 743. The number of phenols is 1. The molecule has 0 radical (unpaired) electrons. The Morgan fingerprint density at radius 3 is 2.43 bits per heavy atom. The molecule has 3 fully saturated rings. The van der Waals surface area contributed by atoms with Crippen LogP contribution in [0.2, 0.25) is 0 Å². The van der Waals surface area contributed by atoms with Gasteiger partial charge in [-0.1, -0.05) is 25.3 Å². The summed E-state index contributed by atoms with van der Waals surface area (Å²) >= 11 is 0. The number of hydrogen-bond acceptors (Lipinski definition) is 3. The minimum atomic E-state index is -1.06. The molecule has 2 N–H and O–H groups in total. The Morgan fingerprint density at radius 1 is 1.04 bits per heavy atom. The molecule has 4 rings (SSSR count). The third-order valence-corrected chi connectivity index (χ3v) is 7.75. The first-order chi connectivity index (χ1) is 13.5. The third-order valence-electron chi connectivity index (χ3n) is 7.75. The summed E-state index contributed by atoms with van der Waals surface area (Å²) in [6.45, 7) is 0. The number of carbonyl (C=O) groups excluding carboxylic acids is 1. The number of aliphatic carboxylic acids is 1. The van der Waals surface area contributed by atoms with Crippen LogP contribution in [0.4, 0.5) is 0 Å². The summed E-state index contributed by atoms with van der Waals surface area (Å²) in [5.41, 5.74) is 1.61. The predicted molar refractivity (Wildman–Crippen MR) is 107 cm³/mol. The van der Waals surface area contributed by atoms with Gasteiger partial charge >= 0.3 is 5.97 Å². The molecule has 28 heavy (non-hydrogen) atoms. The average molecular weight is 385 g/mol. The van der Waals surface area contributed by atoms with Gasteiger partial charge < -0.3 is 10.2 Å². The second-order valence-electron chi connectivity index (χ2n) is 9.38. The Labute approximate surface area is 167 Å². The van der Waals surface area contributed by atoms with Crippen molar-refractivity contribution < 1.29 is 19.8 Å². The molecule has 4 heteroatoms. The van der Waals surface area contributed by atoms with Gasteiger partial charge in [-0.05, 0) is 92.9 Å². The quantitative estimate of drug-likeness (QED) is 0.632. The number of rotatable bonds is 7. The molecule has 3 saturated carbocycles. The van der Waals surface area contributed by atoms with Gasteiger partial charge in [-0.15, -0.1) is 0 Å². The van der Waals surface area contributed by atoms with Crippen molar-refractivity contribution in [2.75, 3.05) is 0 Å². The molecule has 0 saturated heterocycles. The molecule has 4 nitrogen and oxygen atoms in total. The van der Waals surface area contributed by atoms with Crippen molar-refractivity contribution in [3.8, 4) is 5.75 Å². The van der Waals surface area contributed by atoms with Crippen LogP contribution in [0.1, 0.15) is 87.7 Å². The van der Waals surface area contributed by atoms with E-state index >= 15 is 0 Å². The van der Waals surface area contributed by atoms with E-state index in [1.54, 1.807) is 6.07 Å². The van der Waals surface area contributed by atoms with Crippen LogP contribution >= 0.6 is 0 Å². The number of hydrogen-bond donors (Lipinski definition) is 2. The highest BCUT2D eigenvalue weighted by atomic mass is 16.4. The van der Waals surface area contributed by atoms with Crippen LogP contribution in [0.5, 0.6) is 5.75 Å². The fraction of sp³-hybridized carbons (Fsp3) is 0.667. The van der Waals surface area contributed by atoms with Crippen LogP contribution in [0.15, 0.2) is 18.2 Å². The number of ketones is 1. The van der Waals surface area contributed by atoms with E-state index in [0.29, 0.717) is 30.4 Å². The van der Waals surface area contributed by atoms with Gasteiger partial charge in [0, 0.05) is 5.92 Å². The van der Waals surface area contributed by atoms with E-state index in [4.69, 9.17) is 0 Å². The second kappa shape index (κ2) is 7.88. The summed E-state index contributed by atoms with van der Waals surface area (Å²) < 4.78 is 0. The van der Waals surface area contributed by atoms with E-state index in [1.807, 2.05) is 6.07 Å². The third kappa shape index (κ3) is 3.58. The van der Waals surface area contributed by atoms with Crippen LogP contribution in [-0.4, -0.2) is 22.0 Å². The second-order valence-corrected chi connectivity index (χ2v) is 9.38. The number of phenolic OH excluding ortho intramolecular Hbond substituents is 1. The van der Waals surface area contributed by atoms with Crippen molar-refractivity contribution in [3.05, 3.63) is 29.3 Å². The SMILES string of the molecule is O=C(O)C1(C(=O)C2CCC(CCc3ccc(O)cc3C3CCCC3)C2)CCC1. The van der Waals surface area contributed by atoms with Gasteiger partial charge in [0.05, 0.1) is 0 Å². The van der Waals surface area contributed by atoms with Crippen molar-refractivity contribution in [1.29, 1.82) is 0 Å². The fourth-order valence-electron chi connectivity index (χ4n) is 5.85. The maximum Gasteiger partial charge on any atom is 0.317 e. The summed E-state index contributed by atoms with van der Waals surface area (Å²) in [7, 11) is 0. The molecule has 0 bridgehead atoms. The minimum Gasteiger partial charge on any atom is -0.508 e. The molecule has 3 aliphatic carbocycles. The van der Waals surface area contributed by atoms with Crippen LogP contribution in [0.3, 0.4) is 0 Å². The normalized spacial score (nSPS) is 26.9. The number of benzene rings is 1. The molecule has 0 amide bonds. The highest BCUT2D eigenvalue weighted by Gasteiger charge is 2.53. The zero-order valence-corrected chi connectivity index (χ0v) is 16.7. The lowest BCUT2D eigenvalue weighted by atomic mass is 9.63. The summed E-state index contributed by atoms with van der Waals surface area (Å²) in [4.78, 5) is 24.5. The molecule has 2 unspecified atom stereocenters. The lowest BCUT2D eigenvalue weighted by molar-refractivity contribution is -0.162. The fourth-order valence-corrected chi connectivity index (χ4v) is 5.85. The number of carboxylic acid groups (broad SMARTS) is 1. The number of aromatic hydroxyl groups is 1. The van der Waals surface area contributed by atoms with Crippen molar-refractivity contribution in [2.24, 2.45) is 17.3 Å². The first-order valence-electron chi connectivity index (χ1n) is 11.1. The summed E-state index contributed by atoms with van der Waals surface area (Å²) in [5, 5.41) is 19.5. The molecule has 0 heterocycles. The lowest BCUT2D eigenvalue weighted by Gasteiger charge is -2.37. The summed E-state index contributed by atoms with van der Waals surface area (Å²) in [5.74, 6) is 0.480. The van der Waals surface area contributed by atoms with Crippen LogP contribution < -0.4 is 0 Å². The smallest absolute Gasteiger partial charge is 0.317 e. The van der Waals surface area contributed by atoms with Gasteiger partial charge in [0.25, 0.3) is 0 Å². The highest BCUT2D eigenvalue weighted by Crippen LogP contribution is 2.48. The van der Waals surface area contributed by atoms with Crippen molar-refractivity contribution in [2.45, 2.75) is 83.0 Å². The molecule has 2 atom stereocenters. The van der Waals surface area contributed by atoms with Crippen molar-refractivity contribution >= 4 is 11.8 Å². The summed E-state index contributed by atoms with van der Waals surface area (Å²) in [6, 6.07) is 5.83. The Hall–Kier alpha value is -1.84. The molecule has 0 aliphatic heterocycles. The van der Waals surface area contributed by atoms with Gasteiger partial charge in [0.1, 0.15) is 11.2 Å². The van der Waals surface area contributed by atoms with Crippen LogP contribution in [-0.2, 0) is 16.0 Å². The van der Waals surface area contributed by atoms with Crippen molar-refractivity contribution in [1.82, 2.24) is 0 Å². The largest absolute Gasteiger partial charge is 0.508 e. The minimum absolute atomic E-state index is 0.00466. The van der Waals surface area contributed by atoms with E-state index in [1.165, 1.54) is 36.8 Å². The van der Waals surface area contributed by atoms with Gasteiger partial charge in [-0.3, -0.25) is 9.59 Å². The van der Waals surface area contributed by atoms with Gasteiger partial charge in [0.15, 0.2) is 5.78 Å². The zero-order valence-electron chi connectivity index (χ0n) is 16.7. The molecular formula is C24H32O4. The monoisotopic (exact) mass is 384 g/mol. The number of aryl methyl sites for hydroxylation is 1. The van der Waals surface area contributed by atoms with Gasteiger partial charge in [-0.25, -0.2) is 0 Å². The van der Waals surface area contributed by atoms with E-state index in [2.05, 4.69) is 6.07 Å². The molecule has 0 aromatic heterocycles. The maximum atomic E-state index is 12.9.